The normalized spacial score (nSPS) is 20.2. The Morgan fingerprint density at radius 3 is 2.94 bits per heavy atom. The summed E-state index contributed by atoms with van der Waals surface area (Å²) in [5.74, 6) is -1.10. The SMILES string of the molecule is Nc1ccc(F)c(F)c1SCC1CCCO1. The van der Waals surface area contributed by atoms with Crippen LogP contribution in [0.25, 0.3) is 0 Å². The summed E-state index contributed by atoms with van der Waals surface area (Å²) in [6.45, 7) is 0.756. The van der Waals surface area contributed by atoms with Crippen molar-refractivity contribution in [3.8, 4) is 0 Å². The molecule has 2 rings (SSSR count). The summed E-state index contributed by atoms with van der Waals surface area (Å²) in [4.78, 5) is 0.190. The Kier molecular flexibility index (Phi) is 3.66. The Morgan fingerprint density at radius 1 is 1.44 bits per heavy atom. The lowest BCUT2D eigenvalue weighted by molar-refractivity contribution is 0.129. The van der Waals surface area contributed by atoms with Crippen molar-refractivity contribution < 1.29 is 13.5 Å². The molecular weight excluding hydrogens is 232 g/mol. The summed E-state index contributed by atoms with van der Waals surface area (Å²) < 4.78 is 31.8. The highest BCUT2D eigenvalue weighted by Crippen LogP contribution is 2.31. The Morgan fingerprint density at radius 2 is 2.25 bits per heavy atom. The van der Waals surface area contributed by atoms with Gasteiger partial charge in [0.2, 0.25) is 0 Å². The van der Waals surface area contributed by atoms with Crippen molar-refractivity contribution in [3.63, 3.8) is 0 Å². The van der Waals surface area contributed by atoms with Crippen molar-refractivity contribution in [1.82, 2.24) is 0 Å². The summed E-state index contributed by atoms with van der Waals surface area (Å²) in [5.41, 5.74) is 5.89. The molecule has 0 spiro atoms. The van der Waals surface area contributed by atoms with Gasteiger partial charge in [-0.1, -0.05) is 0 Å². The van der Waals surface area contributed by atoms with Crippen LogP contribution < -0.4 is 5.73 Å². The smallest absolute Gasteiger partial charge is 0.174 e. The fourth-order valence-corrected chi connectivity index (χ4v) is 2.72. The van der Waals surface area contributed by atoms with Crippen LogP contribution in [0, 0.1) is 11.6 Å². The van der Waals surface area contributed by atoms with E-state index in [0.29, 0.717) is 5.75 Å². The first-order chi connectivity index (χ1) is 7.68. The Labute approximate surface area is 97.2 Å². The number of ether oxygens (including phenoxy) is 1. The van der Waals surface area contributed by atoms with Crippen molar-refractivity contribution in [2.75, 3.05) is 18.1 Å². The fourth-order valence-electron chi connectivity index (χ4n) is 1.65. The lowest BCUT2D eigenvalue weighted by Gasteiger charge is -2.11. The molecule has 0 amide bonds. The van der Waals surface area contributed by atoms with Gasteiger partial charge in [-0.25, -0.2) is 8.78 Å². The van der Waals surface area contributed by atoms with E-state index in [1.54, 1.807) is 0 Å². The van der Waals surface area contributed by atoms with Crippen LogP contribution in [-0.4, -0.2) is 18.5 Å². The first-order valence-electron chi connectivity index (χ1n) is 5.16. The van der Waals surface area contributed by atoms with Crippen molar-refractivity contribution in [3.05, 3.63) is 23.8 Å². The summed E-state index contributed by atoms with van der Waals surface area (Å²) in [7, 11) is 0. The first-order valence-corrected chi connectivity index (χ1v) is 6.15. The Bertz CT molecular complexity index is 380. The standard InChI is InChI=1S/C11H13F2NOS/c12-8-3-4-9(14)11(10(8)13)16-6-7-2-1-5-15-7/h3-4,7H,1-2,5-6,14H2. The molecule has 2 nitrogen and oxygen atoms in total. The quantitative estimate of drug-likeness (QED) is 0.657. The van der Waals surface area contributed by atoms with Crippen molar-refractivity contribution >= 4 is 17.4 Å². The number of thioether (sulfide) groups is 1. The van der Waals surface area contributed by atoms with E-state index < -0.39 is 11.6 Å². The number of nitrogens with two attached hydrogens (primary N) is 1. The molecule has 1 aromatic carbocycles. The van der Waals surface area contributed by atoms with Crippen molar-refractivity contribution in [2.24, 2.45) is 0 Å². The molecule has 1 atom stereocenters. The topological polar surface area (TPSA) is 35.2 Å². The van der Waals surface area contributed by atoms with E-state index in [4.69, 9.17) is 10.5 Å². The minimum absolute atomic E-state index is 0.132. The van der Waals surface area contributed by atoms with Gasteiger partial charge in [0.25, 0.3) is 0 Å². The first kappa shape index (κ1) is 11.7. The molecule has 1 aromatic rings. The van der Waals surface area contributed by atoms with Gasteiger partial charge in [-0.2, -0.15) is 0 Å². The van der Waals surface area contributed by atoms with E-state index in [9.17, 15) is 8.78 Å². The average molecular weight is 245 g/mol. The zero-order valence-electron chi connectivity index (χ0n) is 8.71. The van der Waals surface area contributed by atoms with Gasteiger partial charge >= 0.3 is 0 Å². The van der Waals surface area contributed by atoms with Gasteiger partial charge in [0.05, 0.1) is 11.0 Å². The number of anilines is 1. The van der Waals surface area contributed by atoms with Crippen LogP contribution >= 0.6 is 11.8 Å². The highest BCUT2D eigenvalue weighted by Gasteiger charge is 2.18. The predicted octanol–water partition coefficient (Wildman–Crippen LogP) is 2.82. The summed E-state index contributed by atoms with van der Waals surface area (Å²) in [6.07, 6.45) is 2.14. The predicted molar refractivity (Wildman–Crippen MR) is 60.5 cm³/mol. The number of nitrogen functional groups attached to an aromatic ring is 1. The second-order valence-electron chi connectivity index (χ2n) is 3.73. The van der Waals surface area contributed by atoms with Gasteiger partial charge in [0.15, 0.2) is 11.6 Å². The van der Waals surface area contributed by atoms with E-state index >= 15 is 0 Å². The van der Waals surface area contributed by atoms with Crippen LogP contribution in [-0.2, 0) is 4.74 Å². The number of hydrogen-bond donors (Lipinski definition) is 1. The van der Waals surface area contributed by atoms with Crippen LogP contribution in [0.3, 0.4) is 0 Å². The third-order valence-electron chi connectivity index (χ3n) is 2.52. The molecular formula is C11H13F2NOS. The third-order valence-corrected chi connectivity index (χ3v) is 3.76. The molecule has 0 saturated carbocycles. The molecule has 1 aliphatic heterocycles. The van der Waals surface area contributed by atoms with Gasteiger partial charge in [0.1, 0.15) is 0 Å². The van der Waals surface area contributed by atoms with Gasteiger partial charge in [-0.15, -0.1) is 11.8 Å². The average Bonchev–Trinajstić information content (AvgIpc) is 2.77. The number of hydrogen-bond acceptors (Lipinski definition) is 3. The van der Waals surface area contributed by atoms with Crippen molar-refractivity contribution in [2.45, 2.75) is 23.8 Å². The van der Waals surface area contributed by atoms with Crippen LogP contribution in [0.1, 0.15) is 12.8 Å². The minimum atomic E-state index is -0.858. The maximum atomic E-state index is 13.4. The number of benzene rings is 1. The van der Waals surface area contributed by atoms with Gasteiger partial charge in [-0.3, -0.25) is 0 Å². The monoisotopic (exact) mass is 245 g/mol. The Hall–Kier alpha value is -0.810. The second-order valence-corrected chi connectivity index (χ2v) is 4.76. The molecule has 1 saturated heterocycles. The zero-order valence-corrected chi connectivity index (χ0v) is 9.53. The van der Waals surface area contributed by atoms with Gasteiger partial charge in [0, 0.05) is 18.0 Å². The molecule has 0 bridgehead atoms. The molecule has 1 aliphatic rings. The summed E-state index contributed by atoms with van der Waals surface area (Å²) >= 11 is 1.22. The molecule has 0 aliphatic carbocycles. The molecule has 5 heteroatoms. The highest BCUT2D eigenvalue weighted by molar-refractivity contribution is 7.99. The zero-order chi connectivity index (χ0) is 11.5. The minimum Gasteiger partial charge on any atom is -0.398 e. The molecule has 0 aromatic heterocycles. The molecule has 1 heterocycles. The van der Waals surface area contributed by atoms with Crippen LogP contribution in [0.2, 0.25) is 0 Å². The lowest BCUT2D eigenvalue weighted by Crippen LogP contribution is -2.08. The molecule has 1 unspecified atom stereocenters. The largest absolute Gasteiger partial charge is 0.398 e. The Balaban J connectivity index is 2.05. The van der Waals surface area contributed by atoms with Gasteiger partial charge in [-0.05, 0) is 25.0 Å². The summed E-state index contributed by atoms with van der Waals surface area (Å²) in [6, 6.07) is 2.43. The third kappa shape index (κ3) is 2.47. The van der Waals surface area contributed by atoms with E-state index in [-0.39, 0.29) is 16.7 Å². The highest BCUT2D eigenvalue weighted by atomic mass is 32.2. The fraction of sp³-hybridized carbons (Fsp3) is 0.455. The molecule has 0 radical (unpaired) electrons. The van der Waals surface area contributed by atoms with E-state index in [2.05, 4.69) is 0 Å². The van der Waals surface area contributed by atoms with E-state index in [0.717, 1.165) is 25.5 Å². The van der Waals surface area contributed by atoms with Crippen LogP contribution in [0.4, 0.5) is 14.5 Å². The maximum absolute atomic E-state index is 13.4. The van der Waals surface area contributed by atoms with Crippen molar-refractivity contribution in [1.29, 1.82) is 0 Å². The lowest BCUT2D eigenvalue weighted by atomic mass is 10.3. The number of halogens is 2. The van der Waals surface area contributed by atoms with Gasteiger partial charge < -0.3 is 10.5 Å². The molecule has 1 fully saturated rings. The molecule has 88 valence electrons. The van der Waals surface area contributed by atoms with Crippen LogP contribution in [0.5, 0.6) is 0 Å². The summed E-state index contributed by atoms with van der Waals surface area (Å²) in [5, 5.41) is 0. The van der Waals surface area contributed by atoms with E-state index in [1.165, 1.54) is 17.8 Å². The van der Waals surface area contributed by atoms with Crippen LogP contribution in [0.15, 0.2) is 17.0 Å². The number of rotatable bonds is 3. The molecule has 16 heavy (non-hydrogen) atoms. The molecule has 2 N–H and O–H groups in total. The maximum Gasteiger partial charge on any atom is 0.174 e. The second kappa shape index (κ2) is 5.01. The van der Waals surface area contributed by atoms with E-state index in [1.807, 2.05) is 0 Å².